The molecule has 1 atom stereocenters. The Bertz CT molecular complexity index is 635. The number of rotatable bonds is 4. The van der Waals surface area contributed by atoms with Crippen LogP contribution >= 0.6 is 0 Å². The zero-order chi connectivity index (χ0) is 16.1. The Morgan fingerprint density at radius 2 is 2.09 bits per heavy atom. The molecule has 122 valence electrons. The second-order valence-electron chi connectivity index (χ2n) is 6.36. The van der Waals surface area contributed by atoms with Crippen molar-refractivity contribution < 1.29 is 4.79 Å². The summed E-state index contributed by atoms with van der Waals surface area (Å²) in [6, 6.07) is 12.6. The van der Waals surface area contributed by atoms with Crippen LogP contribution in [0.5, 0.6) is 0 Å². The van der Waals surface area contributed by atoms with Gasteiger partial charge in [-0.15, -0.1) is 0 Å². The summed E-state index contributed by atoms with van der Waals surface area (Å²) in [4.78, 5) is 14.6. The van der Waals surface area contributed by atoms with Crippen molar-refractivity contribution in [3.8, 4) is 0 Å². The predicted octanol–water partition coefficient (Wildman–Crippen LogP) is 3.77. The fourth-order valence-corrected chi connectivity index (χ4v) is 3.39. The van der Waals surface area contributed by atoms with E-state index in [4.69, 9.17) is 0 Å². The summed E-state index contributed by atoms with van der Waals surface area (Å²) in [5.41, 5.74) is 3.01. The summed E-state index contributed by atoms with van der Waals surface area (Å²) >= 11 is 0. The van der Waals surface area contributed by atoms with E-state index in [0.29, 0.717) is 11.6 Å². The van der Waals surface area contributed by atoms with Gasteiger partial charge in [0.2, 0.25) is 0 Å². The van der Waals surface area contributed by atoms with Crippen molar-refractivity contribution in [1.29, 1.82) is 0 Å². The molecule has 4 nitrogen and oxygen atoms in total. The van der Waals surface area contributed by atoms with Gasteiger partial charge in [0, 0.05) is 18.8 Å². The quantitative estimate of drug-likeness (QED) is 0.934. The molecule has 3 rings (SSSR count). The average Bonchev–Trinajstić information content (AvgIpc) is 2.91. The van der Waals surface area contributed by atoms with Crippen LogP contribution in [0.1, 0.15) is 60.3 Å². The maximum absolute atomic E-state index is 12.7. The van der Waals surface area contributed by atoms with Crippen LogP contribution in [0.15, 0.2) is 36.4 Å². The number of aromatic amines is 1. The number of H-pyrrole nitrogens is 1. The third kappa shape index (κ3) is 3.81. The molecule has 0 spiro atoms. The molecule has 1 aliphatic heterocycles. The van der Waals surface area contributed by atoms with Gasteiger partial charge in [-0.25, -0.2) is 0 Å². The number of likely N-dealkylation sites (tertiary alicyclic amines) is 1. The van der Waals surface area contributed by atoms with Crippen LogP contribution in [-0.4, -0.2) is 34.1 Å². The lowest BCUT2D eigenvalue weighted by Gasteiger charge is -2.19. The predicted molar refractivity (Wildman–Crippen MR) is 91.5 cm³/mol. The number of nitrogens with zero attached hydrogens (tertiary/aromatic N) is 2. The highest BCUT2D eigenvalue weighted by atomic mass is 16.2. The fourth-order valence-electron chi connectivity index (χ4n) is 3.39. The molecule has 0 bridgehead atoms. The normalized spacial score (nSPS) is 18.7. The minimum atomic E-state index is 0.0670. The van der Waals surface area contributed by atoms with E-state index in [1.807, 2.05) is 11.0 Å². The van der Waals surface area contributed by atoms with Crippen LogP contribution in [-0.2, 0) is 6.42 Å². The van der Waals surface area contributed by atoms with Crippen molar-refractivity contribution in [2.75, 3.05) is 13.1 Å². The van der Waals surface area contributed by atoms with Gasteiger partial charge in [0.05, 0.1) is 0 Å². The van der Waals surface area contributed by atoms with Gasteiger partial charge in [-0.2, -0.15) is 5.10 Å². The molecule has 23 heavy (non-hydrogen) atoms. The molecule has 2 aromatic rings. The first kappa shape index (κ1) is 15.8. The summed E-state index contributed by atoms with van der Waals surface area (Å²) in [7, 11) is 0. The number of amides is 1. The minimum absolute atomic E-state index is 0.0670. The number of carbonyl (C=O) groups excluding carboxylic acids is 1. The van der Waals surface area contributed by atoms with Crippen LogP contribution in [0.4, 0.5) is 0 Å². The Morgan fingerprint density at radius 3 is 2.87 bits per heavy atom. The van der Waals surface area contributed by atoms with Crippen molar-refractivity contribution >= 4 is 5.91 Å². The van der Waals surface area contributed by atoms with E-state index in [1.165, 1.54) is 5.56 Å². The molecule has 0 radical (unpaired) electrons. The first-order valence-corrected chi connectivity index (χ1v) is 8.66. The number of aryl methyl sites for hydroxylation is 1. The Hall–Kier alpha value is -2.10. The van der Waals surface area contributed by atoms with E-state index in [-0.39, 0.29) is 5.91 Å². The molecule has 1 fully saturated rings. The molecule has 2 heterocycles. The van der Waals surface area contributed by atoms with Crippen LogP contribution in [0.2, 0.25) is 0 Å². The lowest BCUT2D eigenvalue weighted by Crippen LogP contribution is -2.32. The van der Waals surface area contributed by atoms with Crippen LogP contribution in [0, 0.1) is 0 Å². The fraction of sp³-hybridized carbons (Fsp3) is 0.474. The van der Waals surface area contributed by atoms with E-state index in [9.17, 15) is 4.79 Å². The number of aromatic nitrogens is 2. The number of benzene rings is 1. The highest BCUT2D eigenvalue weighted by Crippen LogP contribution is 2.28. The van der Waals surface area contributed by atoms with Crippen molar-refractivity contribution in [1.82, 2.24) is 15.1 Å². The largest absolute Gasteiger partial charge is 0.337 e. The van der Waals surface area contributed by atoms with Crippen LogP contribution in [0.3, 0.4) is 0 Å². The highest BCUT2D eigenvalue weighted by molar-refractivity contribution is 5.92. The Morgan fingerprint density at radius 1 is 1.26 bits per heavy atom. The number of hydrogen-bond acceptors (Lipinski definition) is 2. The topological polar surface area (TPSA) is 49.0 Å². The standard InChI is InChI=1S/C19H25N3O/c1-2-7-17-14-18(21-20-17)19(23)22-12-6-10-16(11-13-22)15-8-4-3-5-9-15/h3-5,8-9,14,16H,2,6-7,10-13H2,1H3,(H,20,21)/t16-/m0/s1. The van der Waals surface area contributed by atoms with Crippen molar-refractivity contribution in [3.63, 3.8) is 0 Å². The Balaban J connectivity index is 1.64. The third-order valence-corrected chi connectivity index (χ3v) is 4.66. The molecule has 1 aromatic heterocycles. The molecule has 1 saturated heterocycles. The molecule has 4 heteroatoms. The molecule has 1 amide bonds. The molecule has 1 aromatic carbocycles. The zero-order valence-electron chi connectivity index (χ0n) is 13.8. The van der Waals surface area contributed by atoms with E-state index >= 15 is 0 Å². The molecule has 1 N–H and O–H groups in total. The summed E-state index contributed by atoms with van der Waals surface area (Å²) in [6.45, 7) is 3.77. The molecular formula is C19H25N3O. The van der Waals surface area contributed by atoms with Gasteiger partial charge in [-0.3, -0.25) is 9.89 Å². The van der Waals surface area contributed by atoms with Crippen molar-refractivity contribution in [2.24, 2.45) is 0 Å². The number of nitrogens with one attached hydrogen (secondary N) is 1. The van der Waals surface area contributed by atoms with Gasteiger partial charge < -0.3 is 4.90 Å². The first-order valence-electron chi connectivity index (χ1n) is 8.66. The molecular weight excluding hydrogens is 286 g/mol. The Kier molecular flexibility index (Phi) is 5.11. The molecule has 0 unspecified atom stereocenters. The van der Waals surface area contributed by atoms with E-state index in [0.717, 1.165) is 50.9 Å². The van der Waals surface area contributed by atoms with Crippen LogP contribution < -0.4 is 0 Å². The highest BCUT2D eigenvalue weighted by Gasteiger charge is 2.23. The van der Waals surface area contributed by atoms with Crippen LogP contribution in [0.25, 0.3) is 0 Å². The molecule has 0 aliphatic carbocycles. The van der Waals surface area contributed by atoms with E-state index < -0.39 is 0 Å². The van der Waals surface area contributed by atoms with Gasteiger partial charge >= 0.3 is 0 Å². The van der Waals surface area contributed by atoms with Gasteiger partial charge in [0.15, 0.2) is 0 Å². The molecule has 0 saturated carbocycles. The van der Waals surface area contributed by atoms with Gasteiger partial charge in [0.25, 0.3) is 5.91 Å². The van der Waals surface area contributed by atoms with Crippen molar-refractivity contribution in [3.05, 3.63) is 53.3 Å². The molecule has 1 aliphatic rings. The van der Waals surface area contributed by atoms with E-state index in [2.05, 4.69) is 47.5 Å². The minimum Gasteiger partial charge on any atom is -0.337 e. The maximum atomic E-state index is 12.7. The lowest BCUT2D eigenvalue weighted by atomic mass is 9.92. The Labute approximate surface area is 137 Å². The smallest absolute Gasteiger partial charge is 0.274 e. The summed E-state index contributed by atoms with van der Waals surface area (Å²) < 4.78 is 0. The number of hydrogen-bond donors (Lipinski definition) is 1. The van der Waals surface area contributed by atoms with Crippen molar-refractivity contribution in [2.45, 2.75) is 44.9 Å². The maximum Gasteiger partial charge on any atom is 0.274 e. The monoisotopic (exact) mass is 311 g/mol. The summed E-state index contributed by atoms with van der Waals surface area (Å²) in [5, 5.41) is 7.18. The van der Waals surface area contributed by atoms with Gasteiger partial charge in [0.1, 0.15) is 5.69 Å². The summed E-state index contributed by atoms with van der Waals surface area (Å²) in [6.07, 6.45) is 5.23. The van der Waals surface area contributed by atoms with E-state index in [1.54, 1.807) is 0 Å². The average molecular weight is 311 g/mol. The SMILES string of the molecule is CCCc1cc(C(=O)N2CCC[C@H](c3ccccc3)CC2)n[nH]1. The third-order valence-electron chi connectivity index (χ3n) is 4.66. The summed E-state index contributed by atoms with van der Waals surface area (Å²) in [5.74, 6) is 0.626. The zero-order valence-corrected chi connectivity index (χ0v) is 13.8. The second kappa shape index (κ2) is 7.44. The van der Waals surface area contributed by atoms with Gasteiger partial charge in [-0.05, 0) is 43.2 Å². The lowest BCUT2D eigenvalue weighted by molar-refractivity contribution is 0.0755. The first-order chi connectivity index (χ1) is 11.3. The van der Waals surface area contributed by atoms with Gasteiger partial charge in [-0.1, -0.05) is 43.7 Å². The number of carbonyl (C=O) groups is 1. The second-order valence-corrected chi connectivity index (χ2v) is 6.36.